The van der Waals surface area contributed by atoms with E-state index in [9.17, 15) is 0 Å². The molecular formula is C11H13BrClNO. The summed E-state index contributed by atoms with van der Waals surface area (Å²) in [4.78, 5) is 2.27. The van der Waals surface area contributed by atoms with E-state index >= 15 is 0 Å². The highest BCUT2D eigenvalue weighted by Gasteiger charge is 2.15. The van der Waals surface area contributed by atoms with Gasteiger partial charge in [-0.05, 0) is 40.5 Å². The molecule has 0 unspecified atom stereocenters. The predicted octanol–water partition coefficient (Wildman–Crippen LogP) is 3.25. The van der Waals surface area contributed by atoms with Crippen molar-refractivity contribution in [2.24, 2.45) is 0 Å². The number of anilines is 1. The van der Waals surface area contributed by atoms with Gasteiger partial charge in [0.2, 0.25) is 0 Å². The van der Waals surface area contributed by atoms with E-state index in [2.05, 4.69) is 33.8 Å². The summed E-state index contributed by atoms with van der Waals surface area (Å²) in [5.74, 6) is 0. The third-order valence-corrected chi connectivity index (χ3v) is 3.76. The summed E-state index contributed by atoms with van der Waals surface area (Å²) in [6, 6.07) is 4.16. The molecule has 1 saturated heterocycles. The van der Waals surface area contributed by atoms with E-state index in [1.165, 1.54) is 5.56 Å². The van der Waals surface area contributed by atoms with Gasteiger partial charge in [-0.2, -0.15) is 0 Å². The molecule has 0 bridgehead atoms. The fraction of sp³-hybridized carbons (Fsp3) is 0.455. The lowest BCUT2D eigenvalue weighted by Gasteiger charge is -2.30. The molecule has 82 valence electrons. The summed E-state index contributed by atoms with van der Waals surface area (Å²) in [5, 5.41) is 0.794. The van der Waals surface area contributed by atoms with Crippen molar-refractivity contribution in [3.05, 3.63) is 27.2 Å². The summed E-state index contributed by atoms with van der Waals surface area (Å²) >= 11 is 9.74. The van der Waals surface area contributed by atoms with Crippen molar-refractivity contribution in [1.82, 2.24) is 0 Å². The number of hydrogen-bond acceptors (Lipinski definition) is 2. The SMILES string of the molecule is Cc1cc(Br)c(Cl)c(N2CCOCC2)c1. The molecule has 4 heteroatoms. The lowest BCUT2D eigenvalue weighted by atomic mass is 10.2. The van der Waals surface area contributed by atoms with Gasteiger partial charge in [0.25, 0.3) is 0 Å². The minimum absolute atomic E-state index is 0.780. The van der Waals surface area contributed by atoms with Gasteiger partial charge in [-0.15, -0.1) is 0 Å². The van der Waals surface area contributed by atoms with E-state index in [1.54, 1.807) is 0 Å². The van der Waals surface area contributed by atoms with Gasteiger partial charge in [-0.1, -0.05) is 11.6 Å². The van der Waals surface area contributed by atoms with Crippen LogP contribution in [0.5, 0.6) is 0 Å². The maximum atomic E-state index is 6.27. The predicted molar refractivity (Wildman–Crippen MR) is 66.9 cm³/mol. The second-order valence-electron chi connectivity index (χ2n) is 3.68. The first-order valence-corrected chi connectivity index (χ1v) is 6.14. The van der Waals surface area contributed by atoms with Crippen LogP contribution in [0.15, 0.2) is 16.6 Å². The number of rotatable bonds is 1. The van der Waals surface area contributed by atoms with Gasteiger partial charge >= 0.3 is 0 Å². The standard InChI is InChI=1S/C11H13BrClNO/c1-8-6-9(12)11(13)10(7-8)14-2-4-15-5-3-14/h6-7H,2-5H2,1H3. The number of morpholine rings is 1. The van der Waals surface area contributed by atoms with Crippen molar-refractivity contribution in [1.29, 1.82) is 0 Å². The second kappa shape index (κ2) is 4.73. The van der Waals surface area contributed by atoms with Crippen LogP contribution in [0.2, 0.25) is 5.02 Å². The van der Waals surface area contributed by atoms with Crippen LogP contribution < -0.4 is 4.90 Å². The van der Waals surface area contributed by atoms with Crippen LogP contribution in [0, 0.1) is 6.92 Å². The Balaban J connectivity index is 2.33. The summed E-state index contributed by atoms with van der Waals surface area (Å²) in [6.45, 7) is 5.46. The molecule has 0 atom stereocenters. The van der Waals surface area contributed by atoms with Gasteiger partial charge in [-0.25, -0.2) is 0 Å². The summed E-state index contributed by atoms with van der Waals surface area (Å²) < 4.78 is 6.29. The third-order valence-electron chi connectivity index (χ3n) is 2.51. The molecule has 1 fully saturated rings. The van der Waals surface area contributed by atoms with Crippen molar-refractivity contribution in [3.63, 3.8) is 0 Å². The van der Waals surface area contributed by atoms with E-state index < -0.39 is 0 Å². The molecule has 0 amide bonds. The van der Waals surface area contributed by atoms with Gasteiger partial charge in [-0.3, -0.25) is 0 Å². The first kappa shape index (κ1) is 11.2. The Labute approximate surface area is 103 Å². The van der Waals surface area contributed by atoms with Crippen LogP contribution in [-0.2, 0) is 4.74 Å². The van der Waals surface area contributed by atoms with Crippen molar-refractivity contribution >= 4 is 33.2 Å². The molecule has 1 aromatic rings. The largest absolute Gasteiger partial charge is 0.378 e. The summed E-state index contributed by atoms with van der Waals surface area (Å²) in [7, 11) is 0. The van der Waals surface area contributed by atoms with Gasteiger partial charge in [0.05, 0.1) is 23.9 Å². The Morgan fingerprint density at radius 2 is 2.00 bits per heavy atom. The van der Waals surface area contributed by atoms with E-state index in [0.29, 0.717) is 0 Å². The Kier molecular flexibility index (Phi) is 3.54. The van der Waals surface area contributed by atoms with Crippen LogP contribution in [0.4, 0.5) is 5.69 Å². The van der Waals surface area contributed by atoms with E-state index in [1.807, 2.05) is 6.07 Å². The first-order chi connectivity index (χ1) is 7.18. The Morgan fingerprint density at radius 3 is 2.67 bits per heavy atom. The fourth-order valence-electron chi connectivity index (χ4n) is 1.74. The molecule has 1 heterocycles. The van der Waals surface area contributed by atoms with Crippen LogP contribution in [0.25, 0.3) is 0 Å². The molecule has 1 aliphatic rings. The molecule has 0 saturated carbocycles. The van der Waals surface area contributed by atoms with Crippen molar-refractivity contribution in [2.75, 3.05) is 31.2 Å². The molecule has 0 aromatic heterocycles. The van der Waals surface area contributed by atoms with Crippen LogP contribution in [0.1, 0.15) is 5.56 Å². The third kappa shape index (κ3) is 2.47. The molecule has 0 spiro atoms. The molecule has 1 aliphatic heterocycles. The zero-order valence-electron chi connectivity index (χ0n) is 8.59. The topological polar surface area (TPSA) is 12.5 Å². The number of benzene rings is 1. The lowest BCUT2D eigenvalue weighted by molar-refractivity contribution is 0.122. The molecule has 0 aliphatic carbocycles. The highest BCUT2D eigenvalue weighted by molar-refractivity contribution is 9.10. The van der Waals surface area contributed by atoms with Crippen LogP contribution >= 0.6 is 27.5 Å². The highest BCUT2D eigenvalue weighted by atomic mass is 79.9. The highest BCUT2D eigenvalue weighted by Crippen LogP contribution is 2.34. The van der Waals surface area contributed by atoms with Gasteiger partial charge < -0.3 is 9.64 Å². The average molecular weight is 291 g/mol. The minimum Gasteiger partial charge on any atom is -0.378 e. The van der Waals surface area contributed by atoms with Crippen molar-refractivity contribution in [2.45, 2.75) is 6.92 Å². The number of ether oxygens (including phenoxy) is 1. The first-order valence-electron chi connectivity index (χ1n) is 4.97. The smallest absolute Gasteiger partial charge is 0.0781 e. The fourth-order valence-corrected chi connectivity index (χ4v) is 2.53. The van der Waals surface area contributed by atoms with Crippen molar-refractivity contribution in [3.8, 4) is 0 Å². The Morgan fingerprint density at radius 1 is 1.33 bits per heavy atom. The number of halogens is 2. The molecule has 2 rings (SSSR count). The maximum absolute atomic E-state index is 6.27. The maximum Gasteiger partial charge on any atom is 0.0781 e. The minimum atomic E-state index is 0.780. The molecule has 15 heavy (non-hydrogen) atoms. The second-order valence-corrected chi connectivity index (χ2v) is 4.91. The van der Waals surface area contributed by atoms with Gasteiger partial charge in [0.15, 0.2) is 0 Å². The molecule has 1 aromatic carbocycles. The molecule has 0 radical (unpaired) electrons. The zero-order valence-corrected chi connectivity index (χ0v) is 10.9. The van der Waals surface area contributed by atoms with Crippen LogP contribution in [-0.4, -0.2) is 26.3 Å². The summed E-state index contributed by atoms with van der Waals surface area (Å²) in [6.07, 6.45) is 0. The number of hydrogen-bond donors (Lipinski definition) is 0. The van der Waals surface area contributed by atoms with E-state index in [-0.39, 0.29) is 0 Å². The molecular weight excluding hydrogens is 277 g/mol. The lowest BCUT2D eigenvalue weighted by Crippen LogP contribution is -2.36. The van der Waals surface area contributed by atoms with Gasteiger partial charge in [0, 0.05) is 17.6 Å². The number of nitrogens with zero attached hydrogens (tertiary/aromatic N) is 1. The Bertz CT molecular complexity index is 364. The van der Waals surface area contributed by atoms with Crippen LogP contribution in [0.3, 0.4) is 0 Å². The average Bonchev–Trinajstić information content (AvgIpc) is 2.24. The number of aryl methyl sites for hydroxylation is 1. The quantitative estimate of drug-likeness (QED) is 0.787. The monoisotopic (exact) mass is 289 g/mol. The van der Waals surface area contributed by atoms with Crippen molar-refractivity contribution < 1.29 is 4.74 Å². The van der Waals surface area contributed by atoms with E-state index in [4.69, 9.17) is 16.3 Å². The van der Waals surface area contributed by atoms with Gasteiger partial charge in [0.1, 0.15) is 0 Å². The zero-order chi connectivity index (χ0) is 10.8. The summed E-state index contributed by atoms with van der Waals surface area (Å²) in [5.41, 5.74) is 2.32. The molecule has 2 nitrogen and oxygen atoms in total. The molecule has 0 N–H and O–H groups in total. The normalized spacial score (nSPS) is 16.9. The van der Waals surface area contributed by atoms with E-state index in [0.717, 1.165) is 41.5 Å². The Hall–Kier alpha value is -0.250.